The van der Waals surface area contributed by atoms with Crippen LogP contribution in [0.2, 0.25) is 0 Å². The maximum Gasteiger partial charge on any atom is 0.261 e. The number of thiophene rings is 1. The minimum absolute atomic E-state index is 0.0704. The van der Waals surface area contributed by atoms with E-state index in [0.717, 1.165) is 10.6 Å². The standard InChI is InChI=1S/C15H20N4O2S/c1-9(2)11(8-20)18-14(21)13-5-4-12(22-13)10-6-7-17-15(16-3)19-10/h4-7,9,11,20H,8H2,1-3H3,(H,18,21)(H,16,17,19). The molecule has 0 saturated carbocycles. The fraction of sp³-hybridized carbons (Fsp3) is 0.400. The van der Waals surface area contributed by atoms with E-state index in [0.29, 0.717) is 10.8 Å². The fourth-order valence-electron chi connectivity index (χ4n) is 1.88. The van der Waals surface area contributed by atoms with Crippen LogP contribution >= 0.6 is 11.3 Å². The second-order valence-corrected chi connectivity index (χ2v) is 6.27. The smallest absolute Gasteiger partial charge is 0.261 e. The summed E-state index contributed by atoms with van der Waals surface area (Å²) in [6, 6.07) is 5.20. The zero-order chi connectivity index (χ0) is 16.1. The van der Waals surface area contributed by atoms with Gasteiger partial charge in [0.2, 0.25) is 5.95 Å². The topological polar surface area (TPSA) is 87.1 Å². The maximum absolute atomic E-state index is 12.2. The molecular weight excluding hydrogens is 300 g/mol. The Morgan fingerprint density at radius 3 is 2.77 bits per heavy atom. The Labute approximate surface area is 133 Å². The molecule has 0 aliphatic rings. The molecule has 2 aromatic heterocycles. The number of hydrogen-bond donors (Lipinski definition) is 3. The molecule has 2 rings (SSSR count). The van der Waals surface area contributed by atoms with Gasteiger partial charge < -0.3 is 15.7 Å². The summed E-state index contributed by atoms with van der Waals surface area (Å²) < 4.78 is 0. The number of anilines is 1. The minimum Gasteiger partial charge on any atom is -0.394 e. The zero-order valence-electron chi connectivity index (χ0n) is 12.8. The van der Waals surface area contributed by atoms with Gasteiger partial charge in [0.05, 0.1) is 28.1 Å². The van der Waals surface area contributed by atoms with Crippen molar-refractivity contribution in [2.24, 2.45) is 5.92 Å². The first-order chi connectivity index (χ1) is 10.5. The van der Waals surface area contributed by atoms with E-state index in [4.69, 9.17) is 0 Å². The van der Waals surface area contributed by atoms with Gasteiger partial charge >= 0.3 is 0 Å². The van der Waals surface area contributed by atoms with E-state index >= 15 is 0 Å². The molecule has 22 heavy (non-hydrogen) atoms. The van der Waals surface area contributed by atoms with Crippen LogP contribution in [0.15, 0.2) is 24.4 Å². The van der Waals surface area contributed by atoms with E-state index in [1.54, 1.807) is 25.4 Å². The van der Waals surface area contributed by atoms with Crippen LogP contribution in [0.3, 0.4) is 0 Å². The number of aliphatic hydroxyl groups excluding tert-OH is 1. The van der Waals surface area contributed by atoms with Crippen LogP contribution in [0.4, 0.5) is 5.95 Å². The largest absolute Gasteiger partial charge is 0.394 e. The van der Waals surface area contributed by atoms with Gasteiger partial charge in [0.1, 0.15) is 0 Å². The highest BCUT2D eigenvalue weighted by Crippen LogP contribution is 2.27. The highest BCUT2D eigenvalue weighted by molar-refractivity contribution is 7.17. The molecule has 0 spiro atoms. The van der Waals surface area contributed by atoms with Gasteiger partial charge in [-0.2, -0.15) is 0 Å². The van der Waals surface area contributed by atoms with E-state index in [2.05, 4.69) is 20.6 Å². The first-order valence-corrected chi connectivity index (χ1v) is 7.89. The summed E-state index contributed by atoms with van der Waals surface area (Å²) in [6.45, 7) is 3.85. The summed E-state index contributed by atoms with van der Waals surface area (Å²) in [7, 11) is 1.76. The summed E-state index contributed by atoms with van der Waals surface area (Å²) in [5.74, 6) is 0.539. The van der Waals surface area contributed by atoms with E-state index in [1.165, 1.54) is 11.3 Å². The van der Waals surface area contributed by atoms with Crippen molar-refractivity contribution >= 4 is 23.2 Å². The van der Waals surface area contributed by atoms with Crippen molar-refractivity contribution in [1.29, 1.82) is 0 Å². The highest BCUT2D eigenvalue weighted by atomic mass is 32.1. The third-order valence-electron chi connectivity index (χ3n) is 3.28. The number of carbonyl (C=O) groups excluding carboxylic acids is 1. The second-order valence-electron chi connectivity index (χ2n) is 5.19. The monoisotopic (exact) mass is 320 g/mol. The Balaban J connectivity index is 2.15. The van der Waals surface area contributed by atoms with Gasteiger partial charge in [-0.1, -0.05) is 13.8 Å². The quantitative estimate of drug-likeness (QED) is 0.758. The summed E-state index contributed by atoms with van der Waals surface area (Å²) in [5, 5.41) is 15.0. The van der Waals surface area contributed by atoms with Gasteiger partial charge in [-0.25, -0.2) is 9.97 Å². The molecule has 2 aromatic rings. The normalized spacial score (nSPS) is 12.2. The van der Waals surface area contributed by atoms with Crippen LogP contribution in [0.1, 0.15) is 23.5 Å². The predicted octanol–water partition coefficient (Wildman–Crippen LogP) is 1.99. The molecule has 0 saturated heterocycles. The van der Waals surface area contributed by atoms with Crippen molar-refractivity contribution in [3.63, 3.8) is 0 Å². The molecule has 0 aliphatic heterocycles. The van der Waals surface area contributed by atoms with Crippen molar-refractivity contribution in [2.45, 2.75) is 19.9 Å². The molecule has 3 N–H and O–H groups in total. The third kappa shape index (κ3) is 3.80. The zero-order valence-corrected chi connectivity index (χ0v) is 13.6. The number of amides is 1. The van der Waals surface area contributed by atoms with Crippen LogP contribution < -0.4 is 10.6 Å². The van der Waals surface area contributed by atoms with E-state index in [-0.39, 0.29) is 24.5 Å². The number of carbonyl (C=O) groups is 1. The van der Waals surface area contributed by atoms with Gasteiger partial charge in [-0.15, -0.1) is 11.3 Å². The Bertz CT molecular complexity index is 642. The van der Waals surface area contributed by atoms with Gasteiger partial charge in [-0.05, 0) is 24.1 Å². The van der Waals surface area contributed by atoms with Gasteiger partial charge in [-0.3, -0.25) is 4.79 Å². The van der Waals surface area contributed by atoms with E-state index in [1.807, 2.05) is 19.9 Å². The molecule has 1 atom stereocenters. The molecule has 1 unspecified atom stereocenters. The Kier molecular flexibility index (Phi) is 5.46. The van der Waals surface area contributed by atoms with Crippen molar-refractivity contribution in [2.75, 3.05) is 19.0 Å². The fourth-order valence-corrected chi connectivity index (χ4v) is 2.76. The van der Waals surface area contributed by atoms with Crippen molar-refractivity contribution in [1.82, 2.24) is 15.3 Å². The summed E-state index contributed by atoms with van der Waals surface area (Å²) >= 11 is 1.37. The maximum atomic E-state index is 12.2. The molecule has 1 amide bonds. The molecule has 118 valence electrons. The van der Waals surface area contributed by atoms with Crippen molar-refractivity contribution in [3.8, 4) is 10.6 Å². The summed E-state index contributed by atoms with van der Waals surface area (Å²) in [4.78, 5) is 22.1. The van der Waals surface area contributed by atoms with Crippen molar-refractivity contribution in [3.05, 3.63) is 29.3 Å². The average molecular weight is 320 g/mol. The molecular formula is C15H20N4O2S. The number of aliphatic hydroxyl groups is 1. The van der Waals surface area contributed by atoms with Crippen LogP contribution in [-0.2, 0) is 0 Å². The lowest BCUT2D eigenvalue weighted by molar-refractivity contribution is 0.0901. The number of rotatable bonds is 6. The SMILES string of the molecule is CNc1nccc(-c2ccc(C(=O)NC(CO)C(C)C)s2)n1. The molecule has 0 fully saturated rings. The van der Waals surface area contributed by atoms with Crippen molar-refractivity contribution < 1.29 is 9.90 Å². The molecule has 0 aromatic carbocycles. The molecule has 7 heteroatoms. The Hall–Kier alpha value is -1.99. The lowest BCUT2D eigenvalue weighted by Crippen LogP contribution is -2.40. The number of nitrogens with zero attached hydrogens (tertiary/aromatic N) is 2. The lowest BCUT2D eigenvalue weighted by atomic mass is 10.1. The Morgan fingerprint density at radius 1 is 1.36 bits per heavy atom. The first-order valence-electron chi connectivity index (χ1n) is 7.08. The van der Waals surface area contributed by atoms with Crippen LogP contribution in [0.5, 0.6) is 0 Å². The molecule has 6 nitrogen and oxygen atoms in total. The Morgan fingerprint density at radius 2 is 2.14 bits per heavy atom. The van der Waals surface area contributed by atoms with Gasteiger partial charge in [0, 0.05) is 13.2 Å². The lowest BCUT2D eigenvalue weighted by Gasteiger charge is -2.19. The van der Waals surface area contributed by atoms with Gasteiger partial charge in [0.15, 0.2) is 0 Å². The van der Waals surface area contributed by atoms with E-state index < -0.39 is 0 Å². The predicted molar refractivity (Wildman–Crippen MR) is 88.1 cm³/mol. The summed E-state index contributed by atoms with van der Waals surface area (Å²) in [5.41, 5.74) is 0.769. The third-order valence-corrected chi connectivity index (χ3v) is 4.39. The van der Waals surface area contributed by atoms with Gasteiger partial charge in [0.25, 0.3) is 5.91 Å². The van der Waals surface area contributed by atoms with Crippen LogP contribution in [0, 0.1) is 5.92 Å². The van der Waals surface area contributed by atoms with Crippen LogP contribution in [0.25, 0.3) is 10.6 Å². The molecule has 0 bridgehead atoms. The second kappa shape index (κ2) is 7.33. The molecule has 0 aliphatic carbocycles. The van der Waals surface area contributed by atoms with Crippen LogP contribution in [-0.4, -0.2) is 40.7 Å². The average Bonchev–Trinajstić information content (AvgIpc) is 3.02. The number of aromatic nitrogens is 2. The number of nitrogens with one attached hydrogen (secondary N) is 2. The van der Waals surface area contributed by atoms with E-state index in [9.17, 15) is 9.90 Å². The highest BCUT2D eigenvalue weighted by Gasteiger charge is 2.18. The molecule has 2 heterocycles. The summed E-state index contributed by atoms with van der Waals surface area (Å²) in [6.07, 6.45) is 1.67. The number of hydrogen-bond acceptors (Lipinski definition) is 6. The molecule has 0 radical (unpaired) electrons. The minimum atomic E-state index is -0.243. The first kappa shape index (κ1) is 16.4.